The maximum Gasteiger partial charge on any atom is 0.573 e. The number of allylic oxidation sites excluding steroid dienone is 2. The van der Waals surface area contributed by atoms with Crippen LogP contribution in [0, 0.1) is 13.8 Å². The monoisotopic (exact) mass is 618 g/mol. The maximum absolute atomic E-state index is 13.1. The molecule has 1 aliphatic heterocycles. The third kappa shape index (κ3) is 6.49. The Hall–Kier alpha value is -4.58. The van der Waals surface area contributed by atoms with Crippen molar-refractivity contribution in [2.24, 2.45) is 4.99 Å². The van der Waals surface area contributed by atoms with Gasteiger partial charge >= 0.3 is 12.4 Å². The van der Waals surface area contributed by atoms with E-state index in [1.54, 1.807) is 11.8 Å². The second kappa shape index (κ2) is 12.2. The summed E-state index contributed by atoms with van der Waals surface area (Å²) in [6.45, 7) is 4.95. The molecule has 1 N–H and O–H groups in total. The van der Waals surface area contributed by atoms with Gasteiger partial charge in [-0.25, -0.2) is 14.5 Å². The molecule has 2 aliphatic rings. The summed E-state index contributed by atoms with van der Waals surface area (Å²) < 4.78 is 42.7. The van der Waals surface area contributed by atoms with Crippen LogP contribution in [0.3, 0.4) is 0 Å². The first-order chi connectivity index (χ1) is 21.1. The standard InChI is InChI=1S/C32H29F3N6O2S/c1-20-5-3-6-21(2)28(20)40-17-18-44-31(40)38-30(42)37-27-8-4-7-26(27)22-9-11-23(12-10-22)29-36-19-41(39-29)24-13-15-25(16-14-24)43-32(33,34)35/h3,5-6,9-16,19H,4,7-8,17-18H2,1-2H3,(H,37,42)/b38-31-. The highest BCUT2D eigenvalue weighted by molar-refractivity contribution is 8.14. The zero-order valence-electron chi connectivity index (χ0n) is 24.1. The Balaban J connectivity index is 1.15. The fourth-order valence-electron chi connectivity index (χ4n) is 5.52. The molecule has 1 aliphatic carbocycles. The molecule has 226 valence electrons. The molecule has 1 fully saturated rings. The zero-order valence-corrected chi connectivity index (χ0v) is 24.9. The number of rotatable bonds is 6. The minimum absolute atomic E-state index is 0.307. The Morgan fingerprint density at radius 3 is 2.39 bits per heavy atom. The van der Waals surface area contributed by atoms with E-state index < -0.39 is 6.36 Å². The Bertz CT molecular complexity index is 1730. The lowest BCUT2D eigenvalue weighted by Crippen LogP contribution is -2.28. The third-order valence-corrected chi connectivity index (χ3v) is 8.43. The van der Waals surface area contributed by atoms with Crippen molar-refractivity contribution in [2.45, 2.75) is 39.5 Å². The van der Waals surface area contributed by atoms with E-state index in [2.05, 4.69) is 56.0 Å². The van der Waals surface area contributed by atoms with Crippen LogP contribution in [0.15, 0.2) is 83.7 Å². The van der Waals surface area contributed by atoms with Crippen LogP contribution < -0.4 is 15.0 Å². The number of aliphatic imine (C=N–C) groups is 1. The number of anilines is 1. The summed E-state index contributed by atoms with van der Waals surface area (Å²) in [6, 6.07) is 19.0. The lowest BCUT2D eigenvalue weighted by Gasteiger charge is -2.22. The number of hydrogen-bond donors (Lipinski definition) is 1. The molecular weight excluding hydrogens is 589 g/mol. The van der Waals surface area contributed by atoms with Crippen LogP contribution >= 0.6 is 11.8 Å². The van der Waals surface area contributed by atoms with Crippen molar-refractivity contribution in [3.8, 4) is 22.8 Å². The highest BCUT2D eigenvalue weighted by Gasteiger charge is 2.31. The van der Waals surface area contributed by atoms with Gasteiger partial charge < -0.3 is 15.0 Å². The average molecular weight is 619 g/mol. The van der Waals surface area contributed by atoms with Crippen molar-refractivity contribution in [3.63, 3.8) is 0 Å². The Kier molecular flexibility index (Phi) is 8.17. The van der Waals surface area contributed by atoms with Crippen LogP contribution in [0.1, 0.15) is 36.0 Å². The maximum atomic E-state index is 13.1. The summed E-state index contributed by atoms with van der Waals surface area (Å²) in [5, 5.41) is 8.24. The van der Waals surface area contributed by atoms with E-state index in [0.717, 1.165) is 70.8 Å². The van der Waals surface area contributed by atoms with Crippen LogP contribution in [0.2, 0.25) is 0 Å². The molecule has 0 atom stereocenters. The van der Waals surface area contributed by atoms with E-state index in [9.17, 15) is 18.0 Å². The Morgan fingerprint density at radius 1 is 0.977 bits per heavy atom. The van der Waals surface area contributed by atoms with Crippen molar-refractivity contribution in [1.29, 1.82) is 0 Å². The first kappa shape index (κ1) is 29.5. The van der Waals surface area contributed by atoms with E-state index >= 15 is 0 Å². The highest BCUT2D eigenvalue weighted by atomic mass is 32.2. The van der Waals surface area contributed by atoms with Gasteiger partial charge in [-0.3, -0.25) is 0 Å². The van der Waals surface area contributed by atoms with Gasteiger partial charge in [0.1, 0.15) is 12.1 Å². The number of nitrogens with one attached hydrogen (secondary N) is 1. The molecule has 0 saturated carbocycles. The molecule has 8 nitrogen and oxygen atoms in total. The number of nitrogens with zero attached hydrogens (tertiary/aromatic N) is 5. The van der Waals surface area contributed by atoms with Gasteiger partial charge in [0, 0.05) is 29.2 Å². The number of ether oxygens (including phenoxy) is 1. The molecule has 4 aromatic rings. The largest absolute Gasteiger partial charge is 0.573 e. The molecule has 44 heavy (non-hydrogen) atoms. The van der Waals surface area contributed by atoms with E-state index in [-0.39, 0.29) is 11.8 Å². The third-order valence-electron chi connectivity index (χ3n) is 7.48. The zero-order chi connectivity index (χ0) is 30.8. The summed E-state index contributed by atoms with van der Waals surface area (Å²) in [6.07, 6.45) is -0.704. The number of amides is 2. The van der Waals surface area contributed by atoms with E-state index in [1.807, 2.05) is 30.3 Å². The van der Waals surface area contributed by atoms with Crippen molar-refractivity contribution in [3.05, 3.63) is 95.4 Å². The number of hydrogen-bond acceptors (Lipinski definition) is 5. The highest BCUT2D eigenvalue weighted by Crippen LogP contribution is 2.34. The van der Waals surface area contributed by atoms with E-state index in [1.165, 1.54) is 35.3 Å². The van der Waals surface area contributed by atoms with Gasteiger partial charge in [-0.1, -0.05) is 54.2 Å². The molecule has 2 heterocycles. The quantitative estimate of drug-likeness (QED) is 0.239. The topological polar surface area (TPSA) is 84.6 Å². The number of benzene rings is 3. The Morgan fingerprint density at radius 2 is 1.68 bits per heavy atom. The summed E-state index contributed by atoms with van der Waals surface area (Å²) in [5.41, 5.74) is 7.71. The van der Waals surface area contributed by atoms with Crippen LogP contribution in [0.4, 0.5) is 23.7 Å². The lowest BCUT2D eigenvalue weighted by atomic mass is 10.0. The van der Waals surface area contributed by atoms with Gasteiger partial charge in [-0.05, 0) is 79.6 Å². The lowest BCUT2D eigenvalue weighted by molar-refractivity contribution is -0.274. The summed E-state index contributed by atoms with van der Waals surface area (Å²) in [7, 11) is 0. The number of amidine groups is 1. The molecule has 0 unspecified atom stereocenters. The van der Waals surface area contributed by atoms with Crippen LogP contribution in [-0.4, -0.2) is 44.6 Å². The molecule has 2 amide bonds. The van der Waals surface area contributed by atoms with Crippen LogP contribution in [-0.2, 0) is 0 Å². The fourth-order valence-corrected chi connectivity index (χ4v) is 6.46. The van der Waals surface area contributed by atoms with Crippen molar-refractivity contribution >= 4 is 34.2 Å². The molecule has 0 spiro atoms. The van der Waals surface area contributed by atoms with Crippen LogP contribution in [0.25, 0.3) is 22.6 Å². The van der Waals surface area contributed by atoms with Crippen molar-refractivity contribution < 1.29 is 22.7 Å². The number of aryl methyl sites for hydroxylation is 2. The van der Waals surface area contributed by atoms with E-state index in [0.29, 0.717) is 16.7 Å². The molecule has 12 heteroatoms. The van der Waals surface area contributed by atoms with Gasteiger partial charge in [0.15, 0.2) is 11.0 Å². The second-order valence-corrected chi connectivity index (χ2v) is 11.6. The van der Waals surface area contributed by atoms with Crippen molar-refractivity contribution in [2.75, 3.05) is 17.2 Å². The number of carbonyl (C=O) groups excluding carboxylic acids is 1. The van der Waals surface area contributed by atoms with Gasteiger partial charge in [0.2, 0.25) is 0 Å². The number of urea groups is 1. The minimum Gasteiger partial charge on any atom is -0.406 e. The minimum atomic E-state index is -4.75. The molecule has 1 saturated heterocycles. The molecule has 0 bridgehead atoms. The van der Waals surface area contributed by atoms with Crippen molar-refractivity contribution in [1.82, 2.24) is 20.1 Å². The van der Waals surface area contributed by atoms with Crippen LogP contribution in [0.5, 0.6) is 5.75 Å². The fraction of sp³-hybridized carbons (Fsp3) is 0.250. The van der Waals surface area contributed by atoms with Gasteiger partial charge in [0.05, 0.1) is 5.69 Å². The van der Waals surface area contributed by atoms with E-state index in [4.69, 9.17) is 0 Å². The number of alkyl halides is 3. The summed E-state index contributed by atoms with van der Waals surface area (Å²) in [5.74, 6) is 1.04. The SMILES string of the molecule is Cc1cccc(C)c1N1CCS/C1=N\C(=O)NC1=C(c2ccc(-c3ncn(-c4ccc(OC(F)(F)F)cc4)n3)cc2)CCC1. The molecule has 6 rings (SSSR count). The summed E-state index contributed by atoms with van der Waals surface area (Å²) >= 11 is 1.59. The number of para-hydroxylation sites is 1. The van der Waals surface area contributed by atoms with Gasteiger partial charge in [-0.2, -0.15) is 4.99 Å². The molecule has 0 radical (unpaired) electrons. The number of aromatic nitrogens is 3. The first-order valence-electron chi connectivity index (χ1n) is 14.1. The molecule has 1 aromatic heterocycles. The predicted octanol–water partition coefficient (Wildman–Crippen LogP) is 7.66. The predicted molar refractivity (Wildman–Crippen MR) is 166 cm³/mol. The van der Waals surface area contributed by atoms with Gasteiger partial charge in [0.25, 0.3) is 0 Å². The summed E-state index contributed by atoms with van der Waals surface area (Å²) in [4.78, 5) is 24.0. The molecule has 3 aromatic carbocycles. The Labute approximate surface area is 256 Å². The second-order valence-electron chi connectivity index (χ2n) is 10.5. The van der Waals surface area contributed by atoms with Gasteiger partial charge in [-0.15, -0.1) is 18.3 Å². The normalized spacial score (nSPS) is 16.2. The number of halogens is 3. The number of carbonyl (C=O) groups is 1. The average Bonchev–Trinajstić information content (AvgIpc) is 3.75. The molecular formula is C32H29F3N6O2S. The number of thioether (sulfide) groups is 1. The first-order valence-corrected chi connectivity index (χ1v) is 15.1. The smallest absolute Gasteiger partial charge is 0.406 e.